The van der Waals surface area contributed by atoms with Crippen LogP contribution in [0.3, 0.4) is 0 Å². The highest BCUT2D eigenvalue weighted by atomic mass is 16.5. The molecular formula is C17H15N3O2. The van der Waals surface area contributed by atoms with Gasteiger partial charge in [0, 0.05) is 29.0 Å². The monoisotopic (exact) mass is 293 g/mol. The quantitative estimate of drug-likeness (QED) is 0.727. The lowest BCUT2D eigenvalue weighted by molar-refractivity contribution is 0.102. The molecule has 22 heavy (non-hydrogen) atoms. The molecule has 3 rings (SSSR count). The van der Waals surface area contributed by atoms with E-state index in [1.54, 1.807) is 37.6 Å². The number of nitrogens with zero attached hydrogens (tertiary/aromatic N) is 1. The maximum atomic E-state index is 12.5. The number of carbonyl (C=O) groups excluding carboxylic acids is 1. The van der Waals surface area contributed by atoms with E-state index >= 15 is 0 Å². The van der Waals surface area contributed by atoms with E-state index in [9.17, 15) is 4.79 Å². The predicted octanol–water partition coefficient (Wildman–Crippen LogP) is 3.08. The molecule has 0 bridgehead atoms. The van der Waals surface area contributed by atoms with Gasteiger partial charge < -0.3 is 15.8 Å². The molecule has 0 saturated heterocycles. The zero-order chi connectivity index (χ0) is 15.5. The van der Waals surface area contributed by atoms with Gasteiger partial charge in [-0.25, -0.2) is 0 Å². The molecule has 0 saturated carbocycles. The summed E-state index contributed by atoms with van der Waals surface area (Å²) in [6.07, 6.45) is 1.60. The van der Waals surface area contributed by atoms with E-state index in [0.29, 0.717) is 22.8 Å². The maximum Gasteiger partial charge on any atom is 0.274 e. The number of fused-ring (bicyclic) bond motifs is 1. The SMILES string of the molecule is COc1cccc(NC(=O)c2nccc3cc(N)ccc23)c1. The molecule has 1 heterocycles. The second kappa shape index (κ2) is 5.73. The van der Waals surface area contributed by atoms with E-state index in [1.165, 1.54) is 0 Å². The summed E-state index contributed by atoms with van der Waals surface area (Å²) < 4.78 is 5.14. The van der Waals surface area contributed by atoms with Crippen molar-refractivity contribution in [3.8, 4) is 5.75 Å². The molecule has 0 atom stereocenters. The van der Waals surface area contributed by atoms with E-state index in [-0.39, 0.29) is 5.91 Å². The summed E-state index contributed by atoms with van der Waals surface area (Å²) in [5.74, 6) is 0.403. The van der Waals surface area contributed by atoms with E-state index in [0.717, 1.165) is 10.8 Å². The number of methoxy groups -OCH3 is 1. The number of pyridine rings is 1. The Bertz CT molecular complexity index is 846. The van der Waals surface area contributed by atoms with E-state index in [1.807, 2.05) is 24.3 Å². The molecule has 110 valence electrons. The lowest BCUT2D eigenvalue weighted by Gasteiger charge is -2.09. The Morgan fingerprint density at radius 1 is 1.18 bits per heavy atom. The Hall–Kier alpha value is -3.08. The molecule has 1 aromatic heterocycles. The number of ether oxygens (including phenoxy) is 1. The number of carbonyl (C=O) groups is 1. The number of rotatable bonds is 3. The Morgan fingerprint density at radius 2 is 2.05 bits per heavy atom. The summed E-state index contributed by atoms with van der Waals surface area (Å²) in [5.41, 5.74) is 7.43. The number of hydrogen-bond donors (Lipinski definition) is 2. The molecule has 1 amide bonds. The highest BCUT2D eigenvalue weighted by Crippen LogP contribution is 2.22. The molecule has 0 aliphatic heterocycles. The van der Waals surface area contributed by atoms with Gasteiger partial charge in [-0.2, -0.15) is 0 Å². The summed E-state index contributed by atoms with van der Waals surface area (Å²) in [6.45, 7) is 0. The number of benzene rings is 2. The zero-order valence-corrected chi connectivity index (χ0v) is 12.0. The molecule has 0 spiro atoms. The van der Waals surface area contributed by atoms with Gasteiger partial charge in [-0.05, 0) is 41.8 Å². The van der Waals surface area contributed by atoms with Gasteiger partial charge in [0.05, 0.1) is 7.11 Å². The van der Waals surface area contributed by atoms with Gasteiger partial charge in [0.15, 0.2) is 0 Å². The number of aromatic nitrogens is 1. The van der Waals surface area contributed by atoms with Crippen molar-refractivity contribution in [2.45, 2.75) is 0 Å². The molecule has 0 unspecified atom stereocenters. The van der Waals surface area contributed by atoms with Crippen molar-refractivity contribution in [3.63, 3.8) is 0 Å². The van der Waals surface area contributed by atoms with Gasteiger partial charge in [-0.1, -0.05) is 6.07 Å². The summed E-state index contributed by atoms with van der Waals surface area (Å²) in [6, 6.07) is 14.4. The van der Waals surface area contributed by atoms with Crippen LogP contribution in [0.5, 0.6) is 5.75 Å². The average Bonchev–Trinajstić information content (AvgIpc) is 2.54. The van der Waals surface area contributed by atoms with Gasteiger partial charge in [0.25, 0.3) is 5.91 Å². The van der Waals surface area contributed by atoms with Crippen LogP contribution < -0.4 is 15.8 Å². The molecule has 5 heteroatoms. The van der Waals surface area contributed by atoms with Crippen molar-refractivity contribution in [2.24, 2.45) is 0 Å². The van der Waals surface area contributed by atoms with Crippen molar-refractivity contribution >= 4 is 28.1 Å². The molecule has 2 aromatic carbocycles. The number of nitrogens with one attached hydrogen (secondary N) is 1. The zero-order valence-electron chi connectivity index (χ0n) is 12.0. The van der Waals surface area contributed by atoms with Crippen LogP contribution in [0.4, 0.5) is 11.4 Å². The minimum Gasteiger partial charge on any atom is -0.497 e. The highest BCUT2D eigenvalue weighted by molar-refractivity contribution is 6.11. The largest absolute Gasteiger partial charge is 0.497 e. The second-order valence-electron chi connectivity index (χ2n) is 4.83. The van der Waals surface area contributed by atoms with Gasteiger partial charge in [-0.3, -0.25) is 9.78 Å². The van der Waals surface area contributed by atoms with Crippen LogP contribution in [0.1, 0.15) is 10.5 Å². The van der Waals surface area contributed by atoms with Crippen LogP contribution in [0, 0.1) is 0 Å². The Morgan fingerprint density at radius 3 is 2.86 bits per heavy atom. The summed E-state index contributed by atoms with van der Waals surface area (Å²) in [5, 5.41) is 4.47. The normalized spacial score (nSPS) is 10.4. The second-order valence-corrected chi connectivity index (χ2v) is 4.83. The standard InChI is InChI=1S/C17H15N3O2/c1-22-14-4-2-3-13(10-14)20-17(21)16-15-6-5-12(18)9-11(15)7-8-19-16/h2-10H,18H2,1H3,(H,20,21). The number of hydrogen-bond acceptors (Lipinski definition) is 4. The van der Waals surface area contributed by atoms with Crippen molar-refractivity contribution < 1.29 is 9.53 Å². The molecule has 3 aromatic rings. The Labute approximate surface area is 127 Å². The van der Waals surface area contributed by atoms with Crippen LogP contribution in [0.25, 0.3) is 10.8 Å². The number of nitrogen functional groups attached to an aromatic ring is 1. The summed E-state index contributed by atoms with van der Waals surface area (Å²) >= 11 is 0. The number of amides is 1. The fraction of sp³-hybridized carbons (Fsp3) is 0.0588. The lowest BCUT2D eigenvalue weighted by Crippen LogP contribution is -2.14. The van der Waals surface area contributed by atoms with Crippen molar-refractivity contribution in [1.82, 2.24) is 4.98 Å². The summed E-state index contributed by atoms with van der Waals surface area (Å²) in [4.78, 5) is 16.7. The first-order valence-corrected chi connectivity index (χ1v) is 6.77. The number of anilines is 2. The van der Waals surface area contributed by atoms with E-state index in [2.05, 4.69) is 10.3 Å². The first-order valence-electron chi connectivity index (χ1n) is 6.77. The Balaban J connectivity index is 1.95. The fourth-order valence-corrected chi connectivity index (χ4v) is 2.27. The molecule has 3 N–H and O–H groups in total. The van der Waals surface area contributed by atoms with Crippen molar-refractivity contribution in [1.29, 1.82) is 0 Å². The topological polar surface area (TPSA) is 77.2 Å². The van der Waals surface area contributed by atoms with Crippen molar-refractivity contribution in [2.75, 3.05) is 18.2 Å². The van der Waals surface area contributed by atoms with Crippen molar-refractivity contribution in [3.05, 3.63) is 60.4 Å². The first-order chi connectivity index (χ1) is 10.7. The first kappa shape index (κ1) is 13.9. The minimum absolute atomic E-state index is 0.274. The third kappa shape index (κ3) is 2.69. The predicted molar refractivity (Wildman–Crippen MR) is 87.1 cm³/mol. The maximum absolute atomic E-state index is 12.5. The highest BCUT2D eigenvalue weighted by Gasteiger charge is 2.12. The van der Waals surface area contributed by atoms with Gasteiger partial charge in [-0.15, -0.1) is 0 Å². The van der Waals surface area contributed by atoms with Gasteiger partial charge in [0.2, 0.25) is 0 Å². The van der Waals surface area contributed by atoms with Crippen LogP contribution in [-0.4, -0.2) is 18.0 Å². The molecule has 0 aliphatic carbocycles. The molecule has 5 nitrogen and oxygen atoms in total. The van der Waals surface area contributed by atoms with Crippen LogP contribution in [0.15, 0.2) is 54.7 Å². The molecule has 0 aliphatic rings. The average molecular weight is 293 g/mol. The molecule has 0 radical (unpaired) electrons. The lowest BCUT2D eigenvalue weighted by atomic mass is 10.1. The summed E-state index contributed by atoms with van der Waals surface area (Å²) in [7, 11) is 1.58. The van der Waals surface area contributed by atoms with Crippen LogP contribution in [-0.2, 0) is 0 Å². The van der Waals surface area contributed by atoms with E-state index < -0.39 is 0 Å². The van der Waals surface area contributed by atoms with Crippen LogP contribution >= 0.6 is 0 Å². The Kier molecular flexibility index (Phi) is 3.62. The van der Waals surface area contributed by atoms with Crippen LogP contribution in [0.2, 0.25) is 0 Å². The van der Waals surface area contributed by atoms with Gasteiger partial charge in [0.1, 0.15) is 11.4 Å². The van der Waals surface area contributed by atoms with Gasteiger partial charge >= 0.3 is 0 Å². The smallest absolute Gasteiger partial charge is 0.274 e. The minimum atomic E-state index is -0.274. The third-order valence-corrected chi connectivity index (χ3v) is 3.33. The third-order valence-electron chi connectivity index (χ3n) is 3.33. The van der Waals surface area contributed by atoms with E-state index in [4.69, 9.17) is 10.5 Å². The number of nitrogens with two attached hydrogens (primary N) is 1. The fourth-order valence-electron chi connectivity index (χ4n) is 2.27. The molecular weight excluding hydrogens is 278 g/mol. The molecule has 0 fully saturated rings.